The van der Waals surface area contributed by atoms with Crippen molar-refractivity contribution in [2.75, 3.05) is 5.01 Å². The van der Waals surface area contributed by atoms with Crippen LogP contribution in [-0.4, -0.2) is 16.1 Å². The number of amidine groups is 1. The quantitative estimate of drug-likeness (QED) is 0.825. The molecule has 3 rings (SSSR count). The first kappa shape index (κ1) is 15.2. The van der Waals surface area contributed by atoms with E-state index in [-0.39, 0.29) is 5.84 Å². The number of carbonyl (C=O) groups is 1. The van der Waals surface area contributed by atoms with Crippen LogP contribution in [0.5, 0.6) is 0 Å². The topological polar surface area (TPSA) is 44.7 Å². The van der Waals surface area contributed by atoms with E-state index in [2.05, 4.69) is 10.4 Å². The number of nitrogens with zero attached hydrogens (tertiary/aromatic N) is 2. The molecule has 0 aliphatic carbocycles. The second-order valence-electron chi connectivity index (χ2n) is 4.60. The lowest BCUT2D eigenvalue weighted by Gasteiger charge is -2.15. The highest BCUT2D eigenvalue weighted by Crippen LogP contribution is 2.33. The summed E-state index contributed by atoms with van der Waals surface area (Å²) in [6.45, 7) is 0. The molecule has 2 aromatic rings. The highest BCUT2D eigenvalue weighted by Gasteiger charge is 2.50. The van der Waals surface area contributed by atoms with Gasteiger partial charge < -0.3 is 0 Å². The first-order chi connectivity index (χ1) is 10.5. The van der Waals surface area contributed by atoms with Gasteiger partial charge in [0, 0.05) is 5.02 Å². The Hall–Kier alpha value is -1.75. The summed E-state index contributed by atoms with van der Waals surface area (Å²) in [6, 6.07) is 15.8. The molecule has 4 nitrogen and oxygen atoms in total. The molecule has 112 valence electrons. The summed E-state index contributed by atoms with van der Waals surface area (Å²) >= 11 is 18.2. The Morgan fingerprint density at radius 1 is 1.00 bits per heavy atom. The molecule has 22 heavy (non-hydrogen) atoms. The lowest BCUT2D eigenvalue weighted by Crippen LogP contribution is -2.36. The molecule has 1 fully saturated rings. The Bertz CT molecular complexity index is 729. The van der Waals surface area contributed by atoms with Crippen molar-refractivity contribution in [1.29, 1.82) is 0 Å². The Morgan fingerprint density at radius 3 is 2.27 bits per heavy atom. The number of hydrogen-bond acceptors (Lipinski definition) is 2. The van der Waals surface area contributed by atoms with Crippen LogP contribution in [0.2, 0.25) is 5.02 Å². The predicted octanol–water partition coefficient (Wildman–Crippen LogP) is 4.10. The number of rotatable bonds is 2. The van der Waals surface area contributed by atoms with E-state index < -0.39 is 10.2 Å². The Balaban J connectivity index is 1.96. The zero-order chi connectivity index (χ0) is 15.7. The number of anilines is 1. The van der Waals surface area contributed by atoms with Gasteiger partial charge in [0.1, 0.15) is 0 Å². The normalized spacial score (nSPS) is 18.6. The molecule has 1 N–H and O–H groups in total. The molecule has 1 saturated heterocycles. The number of aliphatic imine (C=N–C) groups is 1. The summed E-state index contributed by atoms with van der Waals surface area (Å²) in [5, 5.41) is 1.86. The van der Waals surface area contributed by atoms with E-state index in [9.17, 15) is 4.79 Å². The average molecular weight is 355 g/mol. The van der Waals surface area contributed by atoms with Gasteiger partial charge in [-0.1, -0.05) is 53.0 Å². The van der Waals surface area contributed by atoms with E-state index in [4.69, 9.17) is 34.8 Å². The van der Waals surface area contributed by atoms with Crippen LogP contribution in [0, 0.1) is 0 Å². The van der Waals surface area contributed by atoms with Crippen molar-refractivity contribution in [1.82, 2.24) is 5.43 Å². The van der Waals surface area contributed by atoms with Crippen molar-refractivity contribution in [3.63, 3.8) is 0 Å². The van der Waals surface area contributed by atoms with E-state index in [0.717, 1.165) is 0 Å². The number of hydrazine groups is 1. The summed E-state index contributed by atoms with van der Waals surface area (Å²) < 4.78 is -1.77. The van der Waals surface area contributed by atoms with Crippen LogP contribution >= 0.6 is 34.8 Å². The third kappa shape index (κ3) is 2.77. The van der Waals surface area contributed by atoms with Gasteiger partial charge in [-0.25, -0.2) is 10.0 Å². The van der Waals surface area contributed by atoms with Gasteiger partial charge in [-0.05, 0) is 36.4 Å². The minimum Gasteiger partial charge on any atom is -0.275 e. The van der Waals surface area contributed by atoms with Gasteiger partial charge in [-0.15, -0.1) is 0 Å². The molecule has 0 spiro atoms. The SMILES string of the molecule is O=C1N(c2ccccc2)NC(=Nc2ccc(Cl)cc2)C1(Cl)Cl. The largest absolute Gasteiger partial charge is 0.290 e. The van der Waals surface area contributed by atoms with E-state index >= 15 is 0 Å². The number of hydrogen-bond donors (Lipinski definition) is 1. The molecule has 0 atom stereocenters. The van der Waals surface area contributed by atoms with Crippen molar-refractivity contribution in [3.8, 4) is 0 Å². The smallest absolute Gasteiger partial charge is 0.275 e. The minimum absolute atomic E-state index is 0.145. The Morgan fingerprint density at radius 2 is 1.64 bits per heavy atom. The molecule has 0 aromatic heterocycles. The monoisotopic (exact) mass is 353 g/mol. The van der Waals surface area contributed by atoms with E-state index in [0.29, 0.717) is 16.4 Å². The maximum Gasteiger partial charge on any atom is 0.290 e. The third-order valence-corrected chi connectivity index (χ3v) is 4.00. The van der Waals surface area contributed by atoms with Gasteiger partial charge in [-0.2, -0.15) is 0 Å². The number of benzene rings is 2. The first-order valence-corrected chi connectivity index (χ1v) is 7.51. The second kappa shape index (κ2) is 5.80. The van der Waals surface area contributed by atoms with Gasteiger partial charge in [0.2, 0.25) is 0 Å². The average Bonchev–Trinajstić information content (AvgIpc) is 2.74. The van der Waals surface area contributed by atoms with Gasteiger partial charge >= 0.3 is 0 Å². The number of carbonyl (C=O) groups excluding carboxylic acids is 1. The molecule has 0 unspecified atom stereocenters. The fourth-order valence-electron chi connectivity index (χ4n) is 1.97. The molecule has 1 aliphatic rings. The van der Waals surface area contributed by atoms with Crippen molar-refractivity contribution in [2.45, 2.75) is 4.33 Å². The van der Waals surface area contributed by atoms with Gasteiger partial charge in [0.25, 0.3) is 10.2 Å². The molecular weight excluding hydrogens is 345 g/mol. The molecule has 7 heteroatoms. The van der Waals surface area contributed by atoms with Gasteiger partial charge in [-0.3, -0.25) is 10.2 Å². The molecule has 0 saturated carbocycles. The summed E-state index contributed by atoms with van der Waals surface area (Å²) in [6.07, 6.45) is 0. The fourth-order valence-corrected chi connectivity index (χ4v) is 2.43. The Labute approximate surface area is 142 Å². The molecule has 0 radical (unpaired) electrons. The summed E-state index contributed by atoms with van der Waals surface area (Å²) in [5.74, 6) is -0.359. The van der Waals surface area contributed by atoms with Crippen LogP contribution in [0.25, 0.3) is 0 Å². The predicted molar refractivity (Wildman–Crippen MR) is 90.0 cm³/mol. The van der Waals surface area contributed by atoms with Gasteiger partial charge in [0.15, 0.2) is 5.84 Å². The number of amides is 1. The molecule has 1 heterocycles. The lowest BCUT2D eigenvalue weighted by molar-refractivity contribution is -0.117. The van der Waals surface area contributed by atoms with Crippen molar-refractivity contribution in [2.24, 2.45) is 4.99 Å². The van der Waals surface area contributed by atoms with Crippen LogP contribution in [0.15, 0.2) is 59.6 Å². The first-order valence-electron chi connectivity index (χ1n) is 6.37. The summed E-state index contributed by atoms with van der Waals surface area (Å²) in [7, 11) is 0. The van der Waals surface area contributed by atoms with Gasteiger partial charge in [0.05, 0.1) is 11.4 Å². The Kier molecular flexibility index (Phi) is 4.00. The third-order valence-electron chi connectivity index (χ3n) is 3.07. The van der Waals surface area contributed by atoms with E-state index in [1.807, 2.05) is 18.2 Å². The van der Waals surface area contributed by atoms with Crippen LogP contribution in [0.4, 0.5) is 11.4 Å². The number of para-hydroxylation sites is 1. The van der Waals surface area contributed by atoms with E-state index in [1.54, 1.807) is 36.4 Å². The molecule has 2 aromatic carbocycles. The van der Waals surface area contributed by atoms with E-state index in [1.165, 1.54) is 5.01 Å². The van der Waals surface area contributed by atoms with Crippen LogP contribution in [0.3, 0.4) is 0 Å². The lowest BCUT2D eigenvalue weighted by atomic mass is 10.3. The standard InChI is InChI=1S/C15H10Cl3N3O/c16-10-6-8-11(9-7-10)19-13-15(17,18)14(22)21(20-13)12-4-2-1-3-5-12/h1-9H,(H,19,20). The second-order valence-corrected chi connectivity index (χ2v) is 6.36. The maximum absolute atomic E-state index is 12.4. The molecule has 0 bridgehead atoms. The van der Waals surface area contributed by atoms with Crippen LogP contribution in [-0.2, 0) is 4.79 Å². The van der Waals surface area contributed by atoms with Crippen molar-refractivity contribution in [3.05, 3.63) is 59.6 Å². The fraction of sp³-hybridized carbons (Fsp3) is 0.0667. The van der Waals surface area contributed by atoms with Crippen molar-refractivity contribution < 1.29 is 4.79 Å². The summed E-state index contributed by atoms with van der Waals surface area (Å²) in [4.78, 5) is 16.7. The van der Waals surface area contributed by atoms with Crippen LogP contribution in [0.1, 0.15) is 0 Å². The van der Waals surface area contributed by atoms with Crippen LogP contribution < -0.4 is 10.4 Å². The molecule has 1 aliphatic heterocycles. The number of halogens is 3. The highest BCUT2D eigenvalue weighted by molar-refractivity contribution is 6.70. The zero-order valence-electron chi connectivity index (χ0n) is 11.1. The molecule has 1 amide bonds. The summed E-state index contributed by atoms with van der Waals surface area (Å²) in [5.41, 5.74) is 4.06. The molecular formula is C15H10Cl3N3O. The zero-order valence-corrected chi connectivity index (χ0v) is 13.4. The number of alkyl halides is 2. The van der Waals surface area contributed by atoms with Crippen molar-refractivity contribution >= 4 is 57.9 Å². The maximum atomic E-state index is 12.4. The highest BCUT2D eigenvalue weighted by atomic mass is 35.5. The number of nitrogens with one attached hydrogen (secondary N) is 1. The minimum atomic E-state index is -1.77.